The normalized spacial score (nSPS) is 13.3. The van der Waals surface area contributed by atoms with E-state index in [0.29, 0.717) is 0 Å². The Morgan fingerprint density at radius 1 is 1.13 bits per heavy atom. The summed E-state index contributed by atoms with van der Waals surface area (Å²) in [5.74, 6) is 0. The summed E-state index contributed by atoms with van der Waals surface area (Å²) in [5.41, 5.74) is 0.0855. The van der Waals surface area contributed by atoms with E-state index in [-0.39, 0.29) is 11.5 Å². The van der Waals surface area contributed by atoms with Gasteiger partial charge < -0.3 is 0 Å². The summed E-state index contributed by atoms with van der Waals surface area (Å²) in [6, 6.07) is 0.136. The molecule has 15 heavy (non-hydrogen) atoms. The van der Waals surface area contributed by atoms with Crippen molar-refractivity contribution in [3.8, 4) is 0 Å². The van der Waals surface area contributed by atoms with E-state index in [1.807, 2.05) is 0 Å². The molecule has 2 nitrogen and oxygen atoms in total. The van der Waals surface area contributed by atoms with Crippen molar-refractivity contribution in [1.29, 1.82) is 0 Å². The summed E-state index contributed by atoms with van der Waals surface area (Å²) in [6.45, 7) is 8.61. The maximum atomic E-state index is 10.3. The molecule has 0 amide bonds. The molecule has 0 saturated carbocycles. The van der Waals surface area contributed by atoms with Gasteiger partial charge in [-0.25, -0.2) is 9.79 Å². The number of aliphatic imine (C=N–C) groups is 1. The van der Waals surface area contributed by atoms with Crippen LogP contribution in [0.3, 0.4) is 0 Å². The SMILES string of the molecule is CCCCCCCC(N=C=O)C(C)(C)C. The predicted octanol–water partition coefficient (Wildman–Crippen LogP) is 4.10. The molecule has 1 unspecified atom stereocenters. The summed E-state index contributed by atoms with van der Waals surface area (Å²) >= 11 is 0. The van der Waals surface area contributed by atoms with Crippen LogP contribution in [0.5, 0.6) is 0 Å². The lowest BCUT2D eigenvalue weighted by Gasteiger charge is -2.25. The summed E-state index contributed by atoms with van der Waals surface area (Å²) in [4.78, 5) is 14.2. The first-order chi connectivity index (χ1) is 7.02. The Kier molecular flexibility index (Phi) is 7.33. The lowest BCUT2D eigenvalue weighted by Crippen LogP contribution is -2.24. The second-order valence-corrected chi connectivity index (χ2v) is 5.31. The van der Waals surface area contributed by atoms with Crippen molar-refractivity contribution in [2.45, 2.75) is 72.3 Å². The largest absolute Gasteiger partial charge is 0.235 e. The van der Waals surface area contributed by atoms with Gasteiger partial charge in [0.1, 0.15) is 0 Å². The quantitative estimate of drug-likeness (QED) is 0.354. The summed E-state index contributed by atoms with van der Waals surface area (Å²) < 4.78 is 0. The molecule has 0 radical (unpaired) electrons. The first-order valence-corrected chi connectivity index (χ1v) is 6.09. The molecule has 0 aromatic rings. The molecule has 0 spiro atoms. The molecule has 0 aliphatic heterocycles. The third-order valence-electron chi connectivity index (χ3n) is 2.79. The van der Waals surface area contributed by atoms with Gasteiger partial charge in [0.2, 0.25) is 6.08 Å². The second kappa shape index (κ2) is 7.64. The maximum absolute atomic E-state index is 10.3. The minimum atomic E-state index is 0.0855. The number of carbonyl (C=O) groups excluding carboxylic acids is 1. The number of isocyanates is 1. The zero-order valence-electron chi connectivity index (χ0n) is 10.7. The van der Waals surface area contributed by atoms with Gasteiger partial charge in [0.25, 0.3) is 0 Å². The van der Waals surface area contributed by atoms with Crippen LogP contribution in [0.2, 0.25) is 0 Å². The lowest BCUT2D eigenvalue weighted by atomic mass is 9.84. The van der Waals surface area contributed by atoms with Gasteiger partial charge in [-0.2, -0.15) is 0 Å². The Bertz CT molecular complexity index is 199. The fourth-order valence-electron chi connectivity index (χ4n) is 1.70. The van der Waals surface area contributed by atoms with Gasteiger partial charge in [-0.3, -0.25) is 0 Å². The van der Waals surface area contributed by atoms with Crippen LogP contribution in [0, 0.1) is 5.41 Å². The number of hydrogen-bond acceptors (Lipinski definition) is 2. The zero-order valence-corrected chi connectivity index (χ0v) is 10.7. The molecule has 0 aliphatic carbocycles. The first kappa shape index (κ1) is 14.4. The van der Waals surface area contributed by atoms with Crippen LogP contribution in [-0.4, -0.2) is 12.1 Å². The smallest absolute Gasteiger partial charge is 0.211 e. The highest BCUT2D eigenvalue weighted by Gasteiger charge is 2.23. The van der Waals surface area contributed by atoms with Crippen molar-refractivity contribution in [3.63, 3.8) is 0 Å². The highest BCUT2D eigenvalue weighted by atomic mass is 16.1. The van der Waals surface area contributed by atoms with E-state index in [1.54, 1.807) is 6.08 Å². The number of hydrogen-bond donors (Lipinski definition) is 0. The molecule has 0 rings (SSSR count). The van der Waals surface area contributed by atoms with E-state index in [2.05, 4.69) is 32.7 Å². The van der Waals surface area contributed by atoms with Gasteiger partial charge >= 0.3 is 0 Å². The topological polar surface area (TPSA) is 29.4 Å². The molecular weight excluding hydrogens is 186 g/mol. The monoisotopic (exact) mass is 211 g/mol. The van der Waals surface area contributed by atoms with Crippen molar-refractivity contribution in [1.82, 2.24) is 0 Å². The molecule has 0 fully saturated rings. The summed E-state index contributed by atoms with van der Waals surface area (Å²) in [6.07, 6.45) is 9.04. The lowest BCUT2D eigenvalue weighted by molar-refractivity contribution is 0.299. The predicted molar refractivity (Wildman–Crippen MR) is 64.7 cm³/mol. The number of rotatable bonds is 7. The Morgan fingerprint density at radius 2 is 1.73 bits per heavy atom. The summed E-state index contributed by atoms with van der Waals surface area (Å²) in [5, 5.41) is 0. The van der Waals surface area contributed by atoms with Gasteiger partial charge in [-0.05, 0) is 11.8 Å². The highest BCUT2D eigenvalue weighted by Crippen LogP contribution is 2.26. The Labute approximate surface area is 94.2 Å². The molecule has 0 aromatic heterocycles. The molecule has 0 aliphatic rings. The van der Waals surface area contributed by atoms with E-state index in [9.17, 15) is 4.79 Å². The molecular formula is C13H25NO. The van der Waals surface area contributed by atoms with Crippen LogP contribution in [0.15, 0.2) is 4.99 Å². The minimum Gasteiger partial charge on any atom is -0.211 e. The number of nitrogens with zero attached hydrogens (tertiary/aromatic N) is 1. The third-order valence-corrected chi connectivity index (χ3v) is 2.79. The summed E-state index contributed by atoms with van der Waals surface area (Å²) in [7, 11) is 0. The highest BCUT2D eigenvalue weighted by molar-refractivity contribution is 5.33. The number of unbranched alkanes of at least 4 members (excludes halogenated alkanes) is 4. The molecule has 0 heterocycles. The van der Waals surface area contributed by atoms with Gasteiger partial charge in [0, 0.05) is 0 Å². The van der Waals surface area contributed by atoms with Gasteiger partial charge in [0.15, 0.2) is 0 Å². The van der Waals surface area contributed by atoms with Gasteiger partial charge in [-0.15, -0.1) is 0 Å². The van der Waals surface area contributed by atoms with E-state index >= 15 is 0 Å². The first-order valence-electron chi connectivity index (χ1n) is 6.09. The van der Waals surface area contributed by atoms with Crippen LogP contribution in [0.1, 0.15) is 66.2 Å². The molecule has 0 saturated heterocycles. The molecule has 1 atom stereocenters. The van der Waals surface area contributed by atoms with E-state index < -0.39 is 0 Å². The molecule has 88 valence electrons. The molecule has 2 heteroatoms. The molecule has 0 bridgehead atoms. The van der Waals surface area contributed by atoms with Crippen LogP contribution in [-0.2, 0) is 4.79 Å². The average molecular weight is 211 g/mol. The van der Waals surface area contributed by atoms with Crippen LogP contribution < -0.4 is 0 Å². The van der Waals surface area contributed by atoms with Gasteiger partial charge in [0.05, 0.1) is 6.04 Å². The zero-order chi connectivity index (χ0) is 11.7. The minimum absolute atomic E-state index is 0.0855. The van der Waals surface area contributed by atoms with Gasteiger partial charge in [-0.1, -0.05) is 59.8 Å². The third kappa shape index (κ3) is 7.33. The van der Waals surface area contributed by atoms with Crippen LogP contribution >= 0.6 is 0 Å². The van der Waals surface area contributed by atoms with Crippen molar-refractivity contribution < 1.29 is 4.79 Å². The molecule has 0 aromatic carbocycles. The standard InChI is InChI=1S/C13H25NO/c1-5-6-7-8-9-10-12(14-11-15)13(2,3)4/h12H,5-10H2,1-4H3. The van der Waals surface area contributed by atoms with Crippen LogP contribution in [0.25, 0.3) is 0 Å². The van der Waals surface area contributed by atoms with E-state index in [4.69, 9.17) is 0 Å². The van der Waals surface area contributed by atoms with Crippen molar-refractivity contribution in [2.75, 3.05) is 0 Å². The maximum Gasteiger partial charge on any atom is 0.235 e. The fourth-order valence-corrected chi connectivity index (χ4v) is 1.70. The molecule has 0 N–H and O–H groups in total. The van der Waals surface area contributed by atoms with Crippen molar-refractivity contribution in [2.24, 2.45) is 10.4 Å². The Hall–Kier alpha value is -0.620. The van der Waals surface area contributed by atoms with E-state index in [0.717, 1.165) is 6.42 Å². The fraction of sp³-hybridized carbons (Fsp3) is 0.923. The van der Waals surface area contributed by atoms with Crippen molar-refractivity contribution >= 4 is 6.08 Å². The Balaban J connectivity index is 3.83. The van der Waals surface area contributed by atoms with E-state index in [1.165, 1.54) is 32.1 Å². The Morgan fingerprint density at radius 3 is 2.20 bits per heavy atom. The van der Waals surface area contributed by atoms with Crippen LogP contribution in [0.4, 0.5) is 0 Å². The second-order valence-electron chi connectivity index (χ2n) is 5.31. The average Bonchev–Trinajstić information content (AvgIpc) is 2.14. The van der Waals surface area contributed by atoms with Crippen molar-refractivity contribution in [3.05, 3.63) is 0 Å².